The molecule has 0 unspecified atom stereocenters. The summed E-state index contributed by atoms with van der Waals surface area (Å²) in [6, 6.07) is 10.3. The smallest absolute Gasteiger partial charge is 0.191 e. The van der Waals surface area contributed by atoms with Crippen molar-refractivity contribution in [1.82, 2.24) is 14.8 Å². The maximum Gasteiger partial charge on any atom is 0.191 e. The fraction of sp³-hybridized carbons (Fsp3) is 0.167. The van der Waals surface area contributed by atoms with Gasteiger partial charge in [-0.2, -0.15) is 0 Å². The molecule has 0 amide bonds. The molecule has 1 aromatic heterocycles. The van der Waals surface area contributed by atoms with Gasteiger partial charge in [0.15, 0.2) is 5.16 Å². The highest BCUT2D eigenvalue weighted by molar-refractivity contribution is 7.98. The summed E-state index contributed by atoms with van der Waals surface area (Å²) < 4.78 is 1.99. The van der Waals surface area contributed by atoms with E-state index in [0.29, 0.717) is 0 Å². The monoisotopic (exact) mass is 231 g/mol. The zero-order chi connectivity index (χ0) is 11.2. The predicted molar refractivity (Wildman–Crippen MR) is 66.2 cm³/mol. The van der Waals surface area contributed by atoms with Crippen LogP contribution in [-0.2, 0) is 12.3 Å². The molecule has 0 aliphatic heterocycles. The van der Waals surface area contributed by atoms with Crippen LogP contribution in [0.4, 0.5) is 0 Å². The van der Waals surface area contributed by atoms with Crippen molar-refractivity contribution in [3.8, 4) is 0 Å². The molecule has 0 fully saturated rings. The first-order valence-electron chi connectivity index (χ1n) is 5.05. The molecule has 1 heterocycles. The van der Waals surface area contributed by atoms with Gasteiger partial charge in [-0.25, -0.2) is 0 Å². The Morgan fingerprint density at radius 1 is 1.31 bits per heavy atom. The fourth-order valence-electron chi connectivity index (χ4n) is 1.34. The van der Waals surface area contributed by atoms with Crippen LogP contribution in [0.2, 0.25) is 0 Å². The summed E-state index contributed by atoms with van der Waals surface area (Å²) in [6.07, 6.45) is 3.57. The van der Waals surface area contributed by atoms with Crippen LogP contribution in [0.3, 0.4) is 0 Å². The summed E-state index contributed by atoms with van der Waals surface area (Å²) in [5, 5.41) is 8.91. The quantitative estimate of drug-likeness (QED) is 0.585. The molecule has 1 aromatic carbocycles. The average Bonchev–Trinajstić information content (AvgIpc) is 2.76. The highest BCUT2D eigenvalue weighted by atomic mass is 32.2. The highest BCUT2D eigenvalue weighted by Gasteiger charge is 2.03. The molecule has 0 aliphatic carbocycles. The van der Waals surface area contributed by atoms with E-state index in [4.69, 9.17) is 0 Å². The van der Waals surface area contributed by atoms with Crippen LogP contribution >= 0.6 is 11.8 Å². The van der Waals surface area contributed by atoms with Crippen LogP contribution in [0, 0.1) is 0 Å². The number of nitrogens with zero attached hydrogens (tertiary/aromatic N) is 3. The van der Waals surface area contributed by atoms with Crippen molar-refractivity contribution in [3.05, 3.63) is 54.9 Å². The van der Waals surface area contributed by atoms with Crippen molar-refractivity contribution in [2.75, 3.05) is 0 Å². The minimum atomic E-state index is 0.754. The van der Waals surface area contributed by atoms with Crippen molar-refractivity contribution in [1.29, 1.82) is 0 Å². The lowest BCUT2D eigenvalue weighted by Gasteiger charge is -2.02. The van der Waals surface area contributed by atoms with E-state index in [1.807, 2.05) is 28.8 Å². The summed E-state index contributed by atoms with van der Waals surface area (Å²) in [5.41, 5.74) is 1.29. The Kier molecular flexibility index (Phi) is 3.77. The lowest BCUT2D eigenvalue weighted by Crippen LogP contribution is -1.95. The van der Waals surface area contributed by atoms with Gasteiger partial charge in [-0.15, -0.1) is 16.8 Å². The fourth-order valence-corrected chi connectivity index (χ4v) is 2.22. The van der Waals surface area contributed by atoms with Crippen molar-refractivity contribution < 1.29 is 0 Å². The molecule has 0 saturated heterocycles. The first kappa shape index (κ1) is 11.0. The molecular formula is C12H13N3S. The normalized spacial score (nSPS) is 10.2. The lowest BCUT2D eigenvalue weighted by molar-refractivity contribution is 0.725. The Bertz CT molecular complexity index is 450. The molecule has 0 N–H and O–H groups in total. The molecule has 0 radical (unpaired) electrons. The Balaban J connectivity index is 1.99. The van der Waals surface area contributed by atoms with Crippen LogP contribution in [0.5, 0.6) is 0 Å². The maximum absolute atomic E-state index is 4.08. The molecule has 0 spiro atoms. The molecule has 2 rings (SSSR count). The van der Waals surface area contributed by atoms with Gasteiger partial charge in [-0.1, -0.05) is 48.2 Å². The predicted octanol–water partition coefficient (Wildman–Crippen LogP) is 2.76. The van der Waals surface area contributed by atoms with E-state index in [9.17, 15) is 0 Å². The zero-order valence-electron chi connectivity index (χ0n) is 8.91. The molecule has 0 saturated carbocycles. The number of hydrogen-bond acceptors (Lipinski definition) is 3. The van der Waals surface area contributed by atoms with Gasteiger partial charge in [0.2, 0.25) is 0 Å². The van der Waals surface area contributed by atoms with Gasteiger partial charge in [0.05, 0.1) is 0 Å². The standard InChI is InChI=1S/C12H13N3S/c1-2-8-15-10-13-14-12(15)16-9-11-6-4-3-5-7-11/h2-7,10H,1,8-9H2. The van der Waals surface area contributed by atoms with Gasteiger partial charge < -0.3 is 4.57 Å². The van der Waals surface area contributed by atoms with Gasteiger partial charge in [0.25, 0.3) is 0 Å². The van der Waals surface area contributed by atoms with E-state index >= 15 is 0 Å². The second-order valence-electron chi connectivity index (χ2n) is 3.33. The maximum atomic E-state index is 4.08. The van der Waals surface area contributed by atoms with Crippen LogP contribution in [-0.4, -0.2) is 14.8 Å². The third-order valence-electron chi connectivity index (χ3n) is 2.12. The second-order valence-corrected chi connectivity index (χ2v) is 4.27. The van der Waals surface area contributed by atoms with Crippen molar-refractivity contribution >= 4 is 11.8 Å². The molecule has 0 aliphatic rings. The van der Waals surface area contributed by atoms with Crippen LogP contribution in [0.1, 0.15) is 5.56 Å². The number of rotatable bonds is 5. The minimum Gasteiger partial charge on any atom is -0.305 e. The number of hydrogen-bond donors (Lipinski definition) is 0. The summed E-state index contributed by atoms with van der Waals surface area (Å²) in [6.45, 7) is 4.46. The van der Waals surface area contributed by atoms with Crippen molar-refractivity contribution in [2.24, 2.45) is 0 Å². The third kappa shape index (κ3) is 2.73. The van der Waals surface area contributed by atoms with Crippen molar-refractivity contribution in [2.45, 2.75) is 17.5 Å². The number of allylic oxidation sites excluding steroid dienone is 1. The van der Waals surface area contributed by atoms with E-state index in [1.54, 1.807) is 18.1 Å². The van der Waals surface area contributed by atoms with Gasteiger partial charge in [0.1, 0.15) is 6.33 Å². The SMILES string of the molecule is C=CCn1cnnc1SCc1ccccc1. The van der Waals surface area contributed by atoms with E-state index in [1.165, 1.54) is 5.56 Å². The number of aromatic nitrogens is 3. The van der Waals surface area contributed by atoms with E-state index < -0.39 is 0 Å². The Morgan fingerprint density at radius 3 is 2.88 bits per heavy atom. The van der Waals surface area contributed by atoms with Crippen LogP contribution < -0.4 is 0 Å². The molecule has 16 heavy (non-hydrogen) atoms. The van der Waals surface area contributed by atoms with Gasteiger partial charge >= 0.3 is 0 Å². The summed E-state index contributed by atoms with van der Waals surface area (Å²) in [5.74, 6) is 0.913. The highest BCUT2D eigenvalue weighted by Crippen LogP contribution is 2.20. The summed E-state index contributed by atoms with van der Waals surface area (Å²) >= 11 is 1.69. The second kappa shape index (κ2) is 5.51. The molecule has 82 valence electrons. The van der Waals surface area contributed by atoms with Crippen LogP contribution in [0.15, 0.2) is 54.5 Å². The Hall–Kier alpha value is -1.55. The van der Waals surface area contributed by atoms with E-state index in [2.05, 4.69) is 28.9 Å². The number of benzene rings is 1. The topological polar surface area (TPSA) is 30.7 Å². The van der Waals surface area contributed by atoms with Gasteiger partial charge in [-0.3, -0.25) is 0 Å². The molecule has 2 aromatic rings. The molecule has 0 bridgehead atoms. The molecule has 3 nitrogen and oxygen atoms in total. The average molecular weight is 231 g/mol. The van der Waals surface area contributed by atoms with E-state index in [0.717, 1.165) is 17.5 Å². The van der Waals surface area contributed by atoms with Crippen LogP contribution in [0.25, 0.3) is 0 Å². The summed E-state index contributed by atoms with van der Waals surface area (Å²) in [4.78, 5) is 0. The first-order valence-corrected chi connectivity index (χ1v) is 6.04. The zero-order valence-corrected chi connectivity index (χ0v) is 9.73. The van der Waals surface area contributed by atoms with E-state index in [-0.39, 0.29) is 0 Å². The summed E-state index contributed by atoms with van der Waals surface area (Å²) in [7, 11) is 0. The Labute approximate surface area is 99.2 Å². The lowest BCUT2D eigenvalue weighted by atomic mass is 10.2. The molecule has 0 atom stereocenters. The third-order valence-corrected chi connectivity index (χ3v) is 3.17. The first-order chi connectivity index (χ1) is 7.90. The minimum absolute atomic E-state index is 0.754. The molecule has 4 heteroatoms. The van der Waals surface area contributed by atoms with Gasteiger partial charge in [-0.05, 0) is 5.56 Å². The number of thioether (sulfide) groups is 1. The molecular weight excluding hydrogens is 218 g/mol. The Morgan fingerprint density at radius 2 is 2.12 bits per heavy atom. The van der Waals surface area contributed by atoms with Crippen molar-refractivity contribution in [3.63, 3.8) is 0 Å². The van der Waals surface area contributed by atoms with Gasteiger partial charge in [0, 0.05) is 12.3 Å². The largest absolute Gasteiger partial charge is 0.305 e.